The van der Waals surface area contributed by atoms with E-state index in [0.29, 0.717) is 29.3 Å². The zero-order valence-electron chi connectivity index (χ0n) is 16.0. The van der Waals surface area contributed by atoms with Gasteiger partial charge in [0.05, 0.1) is 19.8 Å². The molecule has 27 heavy (non-hydrogen) atoms. The molecule has 0 unspecified atom stereocenters. The van der Waals surface area contributed by atoms with E-state index in [9.17, 15) is 9.59 Å². The van der Waals surface area contributed by atoms with E-state index in [1.807, 2.05) is 24.3 Å². The van der Waals surface area contributed by atoms with Gasteiger partial charge < -0.3 is 14.0 Å². The summed E-state index contributed by atoms with van der Waals surface area (Å²) in [7, 11) is 2.94. The predicted octanol–water partition coefficient (Wildman–Crippen LogP) is 4.42. The minimum Gasteiger partial charge on any atom is -0.496 e. The summed E-state index contributed by atoms with van der Waals surface area (Å²) >= 11 is 0. The standard InChI is InChI=1S/C22H23NO4/c1-14(2)23-12-18(19-9-15(13-24)5-8-20(19)23)10-16-6-7-17(22(25)27-4)11-21(16)26-3/h5-9,11-14H,10H2,1-4H3. The average Bonchev–Trinajstić information content (AvgIpc) is 3.05. The zero-order chi connectivity index (χ0) is 19.6. The number of carbonyl (C=O) groups is 2. The van der Waals surface area contributed by atoms with Gasteiger partial charge in [-0.05, 0) is 55.3 Å². The fraction of sp³-hybridized carbons (Fsp3) is 0.273. The molecule has 3 rings (SSSR count). The van der Waals surface area contributed by atoms with Gasteiger partial charge in [-0.1, -0.05) is 6.07 Å². The summed E-state index contributed by atoms with van der Waals surface area (Å²) in [6, 6.07) is 11.4. The summed E-state index contributed by atoms with van der Waals surface area (Å²) in [6.45, 7) is 4.26. The van der Waals surface area contributed by atoms with Crippen LogP contribution in [0.3, 0.4) is 0 Å². The molecule has 3 aromatic rings. The highest BCUT2D eigenvalue weighted by Gasteiger charge is 2.15. The van der Waals surface area contributed by atoms with Crippen LogP contribution in [0.15, 0.2) is 42.6 Å². The Bertz CT molecular complexity index is 1000. The van der Waals surface area contributed by atoms with Crippen LogP contribution in [0, 0.1) is 0 Å². The van der Waals surface area contributed by atoms with Crippen LogP contribution in [-0.2, 0) is 11.2 Å². The van der Waals surface area contributed by atoms with Gasteiger partial charge in [-0.2, -0.15) is 0 Å². The number of benzene rings is 2. The summed E-state index contributed by atoms with van der Waals surface area (Å²) in [6.07, 6.45) is 3.61. The maximum Gasteiger partial charge on any atom is 0.337 e. The molecule has 0 saturated carbocycles. The Hall–Kier alpha value is -3.08. The maximum absolute atomic E-state index is 11.8. The number of rotatable bonds is 6. The molecule has 0 bridgehead atoms. The lowest BCUT2D eigenvalue weighted by Gasteiger charge is -2.10. The Balaban J connectivity index is 2.08. The van der Waals surface area contributed by atoms with Crippen molar-refractivity contribution >= 4 is 23.2 Å². The second-order valence-corrected chi connectivity index (χ2v) is 6.74. The Kier molecular flexibility index (Phi) is 5.31. The first-order valence-electron chi connectivity index (χ1n) is 8.82. The Morgan fingerprint density at radius 2 is 1.89 bits per heavy atom. The van der Waals surface area contributed by atoms with Crippen molar-refractivity contribution < 1.29 is 19.1 Å². The summed E-state index contributed by atoms with van der Waals surface area (Å²) in [5.74, 6) is 0.238. The molecule has 0 aliphatic carbocycles. The van der Waals surface area contributed by atoms with Gasteiger partial charge in [-0.25, -0.2) is 4.79 Å². The van der Waals surface area contributed by atoms with E-state index in [0.717, 1.165) is 28.3 Å². The van der Waals surface area contributed by atoms with Crippen LogP contribution in [0.1, 0.15) is 51.7 Å². The number of hydrogen-bond donors (Lipinski definition) is 0. The van der Waals surface area contributed by atoms with Gasteiger partial charge in [0, 0.05) is 35.1 Å². The van der Waals surface area contributed by atoms with Crippen LogP contribution in [-0.4, -0.2) is 31.0 Å². The lowest BCUT2D eigenvalue weighted by molar-refractivity contribution is 0.0600. The first-order chi connectivity index (χ1) is 13.0. The maximum atomic E-state index is 11.8. The molecule has 1 heterocycles. The topological polar surface area (TPSA) is 57.5 Å². The summed E-state index contributed by atoms with van der Waals surface area (Å²) in [5, 5.41) is 1.05. The number of ether oxygens (including phenoxy) is 2. The van der Waals surface area contributed by atoms with E-state index in [1.54, 1.807) is 19.2 Å². The fourth-order valence-corrected chi connectivity index (χ4v) is 3.33. The van der Waals surface area contributed by atoms with Crippen LogP contribution in [0.25, 0.3) is 10.9 Å². The minimum absolute atomic E-state index is 0.298. The van der Waals surface area contributed by atoms with Gasteiger partial charge >= 0.3 is 5.97 Å². The monoisotopic (exact) mass is 365 g/mol. The molecule has 140 valence electrons. The highest BCUT2D eigenvalue weighted by molar-refractivity contribution is 5.91. The molecule has 2 aromatic carbocycles. The molecule has 0 spiro atoms. The number of aldehydes is 1. The summed E-state index contributed by atoms with van der Waals surface area (Å²) in [4.78, 5) is 23.0. The number of nitrogens with zero attached hydrogens (tertiary/aromatic N) is 1. The molecule has 0 amide bonds. The molecule has 0 aliphatic heterocycles. The number of fused-ring (bicyclic) bond motifs is 1. The quantitative estimate of drug-likeness (QED) is 0.479. The van der Waals surface area contributed by atoms with E-state index in [1.165, 1.54) is 7.11 Å². The molecule has 5 nitrogen and oxygen atoms in total. The first-order valence-corrected chi connectivity index (χ1v) is 8.82. The molecule has 5 heteroatoms. The van der Waals surface area contributed by atoms with Crippen LogP contribution < -0.4 is 4.74 Å². The van der Waals surface area contributed by atoms with E-state index in [2.05, 4.69) is 24.6 Å². The SMILES string of the molecule is COC(=O)c1ccc(Cc2cn(C(C)C)c3ccc(C=O)cc23)c(OC)c1. The lowest BCUT2D eigenvalue weighted by Crippen LogP contribution is -2.03. The molecule has 0 fully saturated rings. The van der Waals surface area contributed by atoms with Crippen LogP contribution >= 0.6 is 0 Å². The number of carbonyl (C=O) groups excluding carboxylic acids is 2. The molecule has 0 N–H and O–H groups in total. The largest absolute Gasteiger partial charge is 0.496 e. The Morgan fingerprint density at radius 3 is 2.52 bits per heavy atom. The van der Waals surface area contributed by atoms with Gasteiger partial charge in [-0.3, -0.25) is 4.79 Å². The minimum atomic E-state index is -0.396. The lowest BCUT2D eigenvalue weighted by atomic mass is 10.0. The van der Waals surface area contributed by atoms with Crippen molar-refractivity contribution in [3.8, 4) is 5.75 Å². The number of esters is 1. The first kappa shape index (κ1) is 18.7. The predicted molar refractivity (Wildman–Crippen MR) is 105 cm³/mol. The highest BCUT2D eigenvalue weighted by atomic mass is 16.5. The number of aromatic nitrogens is 1. The highest BCUT2D eigenvalue weighted by Crippen LogP contribution is 2.30. The van der Waals surface area contributed by atoms with Crippen molar-refractivity contribution in [1.82, 2.24) is 4.57 Å². The van der Waals surface area contributed by atoms with Crippen molar-refractivity contribution in [2.45, 2.75) is 26.3 Å². The second kappa shape index (κ2) is 7.66. The van der Waals surface area contributed by atoms with Crippen LogP contribution in [0.5, 0.6) is 5.75 Å². The molecule has 0 radical (unpaired) electrons. The van der Waals surface area contributed by atoms with Crippen molar-refractivity contribution in [2.24, 2.45) is 0 Å². The third-order valence-corrected chi connectivity index (χ3v) is 4.72. The van der Waals surface area contributed by atoms with E-state index in [4.69, 9.17) is 9.47 Å². The number of hydrogen-bond acceptors (Lipinski definition) is 4. The molecule has 0 atom stereocenters. The average molecular weight is 365 g/mol. The van der Waals surface area contributed by atoms with Gasteiger partial charge in [0.1, 0.15) is 12.0 Å². The van der Waals surface area contributed by atoms with Crippen LogP contribution in [0.4, 0.5) is 0 Å². The fourth-order valence-electron chi connectivity index (χ4n) is 3.33. The van der Waals surface area contributed by atoms with Gasteiger partial charge in [0.15, 0.2) is 0 Å². The molecular formula is C22H23NO4. The van der Waals surface area contributed by atoms with E-state index >= 15 is 0 Å². The second-order valence-electron chi connectivity index (χ2n) is 6.74. The third kappa shape index (κ3) is 3.58. The van der Waals surface area contributed by atoms with Crippen LogP contribution in [0.2, 0.25) is 0 Å². The van der Waals surface area contributed by atoms with Crippen molar-refractivity contribution in [3.05, 3.63) is 64.8 Å². The van der Waals surface area contributed by atoms with Crippen molar-refractivity contribution in [2.75, 3.05) is 14.2 Å². The Labute approximate surface area is 158 Å². The molecule has 1 aromatic heterocycles. The molecule has 0 aliphatic rings. The van der Waals surface area contributed by atoms with Crippen molar-refractivity contribution in [1.29, 1.82) is 0 Å². The van der Waals surface area contributed by atoms with Gasteiger partial charge in [0.2, 0.25) is 0 Å². The van der Waals surface area contributed by atoms with Gasteiger partial charge in [0.25, 0.3) is 0 Å². The summed E-state index contributed by atoms with van der Waals surface area (Å²) in [5.41, 5.74) is 4.26. The van der Waals surface area contributed by atoms with E-state index in [-0.39, 0.29) is 0 Å². The number of methoxy groups -OCH3 is 2. The smallest absolute Gasteiger partial charge is 0.337 e. The zero-order valence-corrected chi connectivity index (χ0v) is 16.0. The normalized spacial score (nSPS) is 11.0. The van der Waals surface area contributed by atoms with Crippen molar-refractivity contribution in [3.63, 3.8) is 0 Å². The Morgan fingerprint density at radius 1 is 1.11 bits per heavy atom. The molecular weight excluding hydrogens is 342 g/mol. The van der Waals surface area contributed by atoms with E-state index < -0.39 is 5.97 Å². The third-order valence-electron chi connectivity index (χ3n) is 4.72. The molecule has 0 saturated heterocycles. The van der Waals surface area contributed by atoms with Gasteiger partial charge in [-0.15, -0.1) is 0 Å². The summed E-state index contributed by atoms with van der Waals surface area (Å²) < 4.78 is 12.5.